The lowest BCUT2D eigenvalue weighted by molar-refractivity contribution is -0.125. The molecule has 0 bridgehead atoms. The fourth-order valence-electron chi connectivity index (χ4n) is 2.46. The molecular formula is C16H23BrClN3O2. The average Bonchev–Trinajstić information content (AvgIpc) is 2.51. The lowest BCUT2D eigenvalue weighted by atomic mass is 9.99. The minimum atomic E-state index is -0.0942. The fraction of sp³-hybridized carbons (Fsp3) is 0.500. The first-order chi connectivity index (χ1) is 10.6. The van der Waals surface area contributed by atoms with Gasteiger partial charge < -0.3 is 16.0 Å². The first kappa shape index (κ1) is 19.9. The minimum Gasteiger partial charge on any atom is -0.355 e. The number of aryl methyl sites for hydroxylation is 1. The summed E-state index contributed by atoms with van der Waals surface area (Å²) in [5.74, 6) is -0.0222. The summed E-state index contributed by atoms with van der Waals surface area (Å²) in [7, 11) is 0. The lowest BCUT2D eigenvalue weighted by Crippen LogP contribution is -2.41. The van der Waals surface area contributed by atoms with Gasteiger partial charge >= 0.3 is 0 Å². The zero-order valence-electron chi connectivity index (χ0n) is 13.2. The van der Waals surface area contributed by atoms with Gasteiger partial charge in [-0.2, -0.15) is 0 Å². The zero-order valence-corrected chi connectivity index (χ0v) is 15.6. The maximum absolute atomic E-state index is 11.9. The summed E-state index contributed by atoms with van der Waals surface area (Å²) in [5.41, 5.74) is 1.80. The first-order valence-corrected chi connectivity index (χ1v) is 8.40. The Labute approximate surface area is 151 Å². The second-order valence-corrected chi connectivity index (χ2v) is 6.51. The second-order valence-electron chi connectivity index (χ2n) is 5.59. The van der Waals surface area contributed by atoms with Crippen molar-refractivity contribution < 1.29 is 9.59 Å². The Morgan fingerprint density at radius 2 is 2.17 bits per heavy atom. The van der Waals surface area contributed by atoms with Crippen LogP contribution in [0.2, 0.25) is 0 Å². The van der Waals surface area contributed by atoms with Gasteiger partial charge in [-0.1, -0.05) is 22.0 Å². The van der Waals surface area contributed by atoms with E-state index >= 15 is 0 Å². The van der Waals surface area contributed by atoms with Gasteiger partial charge in [-0.05, 0) is 44.0 Å². The molecule has 0 aromatic heterocycles. The van der Waals surface area contributed by atoms with Crippen LogP contribution >= 0.6 is 28.3 Å². The van der Waals surface area contributed by atoms with E-state index in [9.17, 15) is 9.59 Å². The van der Waals surface area contributed by atoms with E-state index in [0.29, 0.717) is 6.54 Å². The molecule has 1 aromatic carbocycles. The molecule has 0 saturated carbocycles. The molecule has 1 heterocycles. The van der Waals surface area contributed by atoms with Crippen LogP contribution in [0.4, 0.5) is 5.69 Å². The van der Waals surface area contributed by atoms with Crippen molar-refractivity contribution in [1.82, 2.24) is 10.6 Å². The number of hydrogen-bond acceptors (Lipinski definition) is 3. The van der Waals surface area contributed by atoms with Crippen molar-refractivity contribution in [1.29, 1.82) is 0 Å². The van der Waals surface area contributed by atoms with Gasteiger partial charge in [0.15, 0.2) is 0 Å². The Balaban J connectivity index is 0.00000264. The molecule has 3 N–H and O–H groups in total. The second kappa shape index (κ2) is 9.90. The highest BCUT2D eigenvalue weighted by Crippen LogP contribution is 2.20. The molecular weight excluding hydrogens is 382 g/mol. The van der Waals surface area contributed by atoms with E-state index in [-0.39, 0.29) is 36.6 Å². The average molecular weight is 405 g/mol. The van der Waals surface area contributed by atoms with E-state index in [1.807, 2.05) is 25.1 Å². The smallest absolute Gasteiger partial charge is 0.226 e. The predicted molar refractivity (Wildman–Crippen MR) is 98.0 cm³/mol. The maximum Gasteiger partial charge on any atom is 0.226 e. The molecule has 1 atom stereocenters. The van der Waals surface area contributed by atoms with Crippen LogP contribution in [0.1, 0.15) is 24.8 Å². The van der Waals surface area contributed by atoms with E-state index in [4.69, 9.17) is 0 Å². The first-order valence-electron chi connectivity index (χ1n) is 7.60. The molecule has 7 heteroatoms. The maximum atomic E-state index is 11.9. The molecule has 0 radical (unpaired) electrons. The molecule has 2 amide bonds. The molecule has 1 unspecified atom stereocenters. The standard InChI is InChI=1S/C16H22BrN3O2.ClH/c1-11-4-5-13(17)9-14(11)20-15(21)6-8-19-16(22)12-3-2-7-18-10-12;/h4-5,9,12,18H,2-3,6-8,10H2,1H3,(H,19,22)(H,20,21);1H. The number of carbonyl (C=O) groups is 2. The normalized spacial score (nSPS) is 17.0. The van der Waals surface area contributed by atoms with E-state index in [1.54, 1.807) is 0 Å². The Bertz CT molecular complexity index is 548. The fourth-order valence-corrected chi connectivity index (χ4v) is 2.82. The SMILES string of the molecule is Cc1ccc(Br)cc1NC(=O)CCNC(=O)C1CCCNC1.Cl. The molecule has 1 fully saturated rings. The van der Waals surface area contributed by atoms with E-state index in [2.05, 4.69) is 31.9 Å². The van der Waals surface area contributed by atoms with Crippen LogP contribution in [0.25, 0.3) is 0 Å². The molecule has 0 aliphatic carbocycles. The van der Waals surface area contributed by atoms with Crippen molar-refractivity contribution in [3.63, 3.8) is 0 Å². The van der Waals surface area contributed by atoms with Gasteiger partial charge in [-0.15, -0.1) is 12.4 Å². The zero-order chi connectivity index (χ0) is 15.9. The summed E-state index contributed by atoms with van der Waals surface area (Å²) in [6, 6.07) is 5.75. The predicted octanol–water partition coefficient (Wildman–Crippen LogP) is 2.62. The Kier molecular flexibility index (Phi) is 8.58. The summed E-state index contributed by atoms with van der Waals surface area (Å²) >= 11 is 3.39. The van der Waals surface area contributed by atoms with Crippen LogP contribution < -0.4 is 16.0 Å². The number of hydrogen-bond donors (Lipinski definition) is 3. The Morgan fingerprint density at radius 1 is 1.39 bits per heavy atom. The largest absolute Gasteiger partial charge is 0.355 e. The lowest BCUT2D eigenvalue weighted by Gasteiger charge is -2.21. The summed E-state index contributed by atoms with van der Waals surface area (Å²) in [6.07, 6.45) is 2.22. The van der Waals surface area contributed by atoms with Crippen LogP contribution in [0.15, 0.2) is 22.7 Å². The third-order valence-electron chi connectivity index (χ3n) is 3.79. The Hall–Kier alpha value is -1.11. The summed E-state index contributed by atoms with van der Waals surface area (Å²) in [6.45, 7) is 4.03. The quantitative estimate of drug-likeness (QED) is 0.706. The number of anilines is 1. The molecule has 2 rings (SSSR count). The number of rotatable bonds is 5. The molecule has 23 heavy (non-hydrogen) atoms. The van der Waals surface area contributed by atoms with E-state index in [0.717, 1.165) is 41.7 Å². The van der Waals surface area contributed by atoms with Gasteiger partial charge in [-0.25, -0.2) is 0 Å². The van der Waals surface area contributed by atoms with Gasteiger partial charge in [0, 0.05) is 29.7 Å². The highest BCUT2D eigenvalue weighted by atomic mass is 79.9. The number of benzene rings is 1. The summed E-state index contributed by atoms with van der Waals surface area (Å²) in [5, 5.41) is 8.93. The van der Waals surface area contributed by atoms with Gasteiger partial charge in [-0.3, -0.25) is 9.59 Å². The van der Waals surface area contributed by atoms with Crippen LogP contribution in [-0.2, 0) is 9.59 Å². The van der Waals surface area contributed by atoms with Gasteiger partial charge in [0.2, 0.25) is 11.8 Å². The van der Waals surface area contributed by atoms with Crippen molar-refractivity contribution in [3.8, 4) is 0 Å². The monoisotopic (exact) mass is 403 g/mol. The van der Waals surface area contributed by atoms with Crippen LogP contribution in [0.5, 0.6) is 0 Å². The molecule has 1 saturated heterocycles. The minimum absolute atomic E-state index is 0. The highest BCUT2D eigenvalue weighted by molar-refractivity contribution is 9.10. The van der Waals surface area contributed by atoms with Crippen molar-refractivity contribution in [3.05, 3.63) is 28.2 Å². The number of nitrogens with one attached hydrogen (secondary N) is 3. The van der Waals surface area contributed by atoms with Gasteiger partial charge in [0.1, 0.15) is 0 Å². The van der Waals surface area contributed by atoms with Gasteiger partial charge in [0.25, 0.3) is 0 Å². The van der Waals surface area contributed by atoms with E-state index in [1.165, 1.54) is 0 Å². The number of piperidine rings is 1. The number of amides is 2. The topological polar surface area (TPSA) is 70.2 Å². The highest BCUT2D eigenvalue weighted by Gasteiger charge is 2.20. The number of carbonyl (C=O) groups excluding carboxylic acids is 2. The van der Waals surface area contributed by atoms with Crippen molar-refractivity contribution in [2.45, 2.75) is 26.2 Å². The van der Waals surface area contributed by atoms with Crippen LogP contribution in [0.3, 0.4) is 0 Å². The van der Waals surface area contributed by atoms with Gasteiger partial charge in [0.05, 0.1) is 5.92 Å². The van der Waals surface area contributed by atoms with Crippen molar-refractivity contribution >= 4 is 45.8 Å². The van der Waals surface area contributed by atoms with Crippen LogP contribution in [-0.4, -0.2) is 31.4 Å². The van der Waals surface area contributed by atoms with E-state index < -0.39 is 0 Å². The summed E-state index contributed by atoms with van der Waals surface area (Å²) in [4.78, 5) is 23.9. The van der Waals surface area contributed by atoms with Crippen molar-refractivity contribution in [2.24, 2.45) is 5.92 Å². The van der Waals surface area contributed by atoms with Crippen LogP contribution in [0, 0.1) is 12.8 Å². The molecule has 1 aliphatic rings. The third kappa shape index (κ3) is 6.49. The number of halogens is 2. The van der Waals surface area contributed by atoms with Crippen molar-refractivity contribution in [2.75, 3.05) is 25.0 Å². The molecule has 0 spiro atoms. The molecule has 1 aliphatic heterocycles. The third-order valence-corrected chi connectivity index (χ3v) is 4.29. The molecule has 1 aromatic rings. The Morgan fingerprint density at radius 3 is 2.87 bits per heavy atom. The molecule has 5 nitrogen and oxygen atoms in total. The molecule has 128 valence electrons. The summed E-state index contributed by atoms with van der Waals surface area (Å²) < 4.78 is 0.923.